The van der Waals surface area contributed by atoms with Crippen molar-refractivity contribution in [3.63, 3.8) is 0 Å². The Morgan fingerprint density at radius 2 is 0.594 bits per heavy atom. The van der Waals surface area contributed by atoms with Crippen molar-refractivity contribution < 1.29 is 13.2 Å². The molecule has 0 amide bonds. The van der Waals surface area contributed by atoms with Crippen LogP contribution < -0.4 is 51.0 Å². The summed E-state index contributed by atoms with van der Waals surface area (Å²) in [6.07, 6.45) is 33.0. The summed E-state index contributed by atoms with van der Waals surface area (Å²) < 4.78 is 32.6. The third kappa shape index (κ3) is 21.1. The van der Waals surface area contributed by atoms with Gasteiger partial charge in [-0.25, -0.2) is 18.3 Å². The molecule has 0 aliphatic carbocycles. The van der Waals surface area contributed by atoms with E-state index in [0.717, 1.165) is 0 Å². The lowest BCUT2D eigenvalue weighted by Crippen LogP contribution is -2.57. The number of hydrogen-bond acceptors (Lipinski definition) is 11. The fourth-order valence-electron chi connectivity index (χ4n) is 21.8. The highest BCUT2D eigenvalue weighted by Crippen LogP contribution is 2.47. The van der Waals surface area contributed by atoms with E-state index in [1.807, 2.05) is 18.1 Å². The first kappa shape index (κ1) is 101. The monoisotopic (exact) mass is 1910 g/mol. The topological polar surface area (TPSA) is 53.3 Å². The molecule has 8 aliphatic rings. The van der Waals surface area contributed by atoms with Crippen LogP contribution in [0.4, 0.5) is 17.6 Å². The normalized spacial score (nSPS) is 17.7. The SMILES string of the molecule is CB1c2ccccc2C(C(C)(C)C)=CN1N1C=CN(C)[C@@H]1C.CB1c2ccccc2C(C(C)(C)C)=CN1N1C=CN(c2ccccc2)[C@@H]1C.CB1c2ccccc2C(C(C)(C)C)=CN1c1n(-c2c(C(C)C)cc(-c3ccccc3)cc2C(C)C)cc[n+]1C.CB1c2ccccc2C(C(C)(C)C)=CN1c1n(-c2c(C(C)C)cccc2C(C)C)cc[n+]1C.[2H]C([2H])([2H])N1C=CN(N2C=C(C(C)(C)C)c3ccccc3B2C)[C@H]1C. The molecule has 0 bridgehead atoms. The zero-order valence-corrected chi connectivity index (χ0v) is 92.5. The van der Waals surface area contributed by atoms with E-state index >= 15 is 0 Å². The lowest BCUT2D eigenvalue weighted by atomic mass is 9.52. The van der Waals surface area contributed by atoms with Crippen molar-refractivity contribution >= 4 is 107 Å². The van der Waals surface area contributed by atoms with E-state index in [9.17, 15) is 0 Å². The summed E-state index contributed by atoms with van der Waals surface area (Å²) in [6, 6.07) is 77.0. The number of aromatic nitrogens is 4. The summed E-state index contributed by atoms with van der Waals surface area (Å²) in [7, 11) is 6.46. The minimum absolute atomic E-state index is 0.00904. The predicted molar refractivity (Wildman–Crippen MR) is 618 cm³/mol. The summed E-state index contributed by atoms with van der Waals surface area (Å²) >= 11 is 0. The number of aryl methyl sites for hydroxylation is 2. The first-order valence-corrected chi connectivity index (χ1v) is 52.4. The number of para-hydroxylation sites is 2. The van der Waals surface area contributed by atoms with E-state index < -0.39 is 6.98 Å². The van der Waals surface area contributed by atoms with Gasteiger partial charge in [0.1, 0.15) is 42.3 Å². The smallest absolute Gasteiger partial charge is 0.358 e. The predicted octanol–water partition coefficient (Wildman–Crippen LogP) is 25.4. The second-order valence-electron chi connectivity index (χ2n) is 46.9. The van der Waals surface area contributed by atoms with Gasteiger partial charge in [-0.15, -0.1) is 0 Å². The van der Waals surface area contributed by atoms with Gasteiger partial charge in [-0.05, 0) is 226 Å². The van der Waals surface area contributed by atoms with Crippen LogP contribution in [0.15, 0.2) is 305 Å². The van der Waals surface area contributed by atoms with Gasteiger partial charge in [0.25, 0.3) is 0 Å². The molecule has 0 N–H and O–H groups in total. The number of anilines is 3. The fraction of sp³-hybridized carbons (Fsp3) is 0.382. The van der Waals surface area contributed by atoms with Crippen molar-refractivity contribution in [2.75, 3.05) is 28.5 Å². The number of hydrazine groups is 3. The molecule has 0 unspecified atom stereocenters. The number of imidazole rings is 2. The van der Waals surface area contributed by atoms with Gasteiger partial charge in [-0.1, -0.05) is 368 Å². The van der Waals surface area contributed by atoms with Crippen molar-refractivity contribution in [3.8, 4) is 22.5 Å². The van der Waals surface area contributed by atoms with Crippen molar-refractivity contribution in [2.45, 2.75) is 256 Å². The number of allylic oxidation sites excluding steroid dienone is 5. The molecule has 143 heavy (non-hydrogen) atoms. The first-order valence-electron chi connectivity index (χ1n) is 53.9. The van der Waals surface area contributed by atoms with Gasteiger partial charge in [0.2, 0.25) is 0 Å². The lowest BCUT2D eigenvalue weighted by molar-refractivity contribution is -0.657. The highest BCUT2D eigenvalue weighted by Gasteiger charge is 2.46. The summed E-state index contributed by atoms with van der Waals surface area (Å²) in [5, 5.41) is 6.68. The molecule has 19 rings (SSSR count). The van der Waals surface area contributed by atoms with Gasteiger partial charge >= 0.3 is 46.1 Å². The third-order valence-corrected chi connectivity index (χ3v) is 30.2. The van der Waals surface area contributed by atoms with Crippen molar-refractivity contribution in [1.29, 1.82) is 0 Å². The minimum atomic E-state index is -2.14. The van der Waals surface area contributed by atoms with Crippen LogP contribution in [0.3, 0.4) is 0 Å². The van der Waals surface area contributed by atoms with Crippen LogP contribution in [0.5, 0.6) is 0 Å². The number of fused-ring (bicyclic) bond motifs is 5. The Morgan fingerprint density at radius 1 is 0.308 bits per heavy atom. The van der Waals surface area contributed by atoms with Crippen LogP contribution in [0.2, 0.25) is 34.1 Å². The summed E-state index contributed by atoms with van der Waals surface area (Å²) in [4.78, 5) is 17.9. The highest BCUT2D eigenvalue weighted by atomic mass is 15.7. The van der Waals surface area contributed by atoms with E-state index in [-0.39, 0.29) is 66.8 Å². The van der Waals surface area contributed by atoms with E-state index in [4.69, 9.17) is 4.11 Å². The second kappa shape index (κ2) is 41.6. The molecule has 0 saturated heterocycles. The quantitative estimate of drug-likeness (QED) is 0.0820. The zero-order valence-electron chi connectivity index (χ0n) is 95.5. The van der Waals surface area contributed by atoms with Crippen LogP contribution in [-0.4, -0.2) is 115 Å². The van der Waals surface area contributed by atoms with E-state index in [1.54, 1.807) is 6.20 Å². The highest BCUT2D eigenvalue weighted by molar-refractivity contribution is 6.78. The molecule has 3 atom stereocenters. The Labute approximate surface area is 867 Å². The van der Waals surface area contributed by atoms with Crippen LogP contribution in [-0.2, 0) is 14.1 Å². The van der Waals surface area contributed by atoms with Gasteiger partial charge in [-0.2, -0.15) is 0 Å². The molecular weight excluding hydrogens is 1740 g/mol. The standard InChI is InChI=1S/C35H43BN3.C29H39BN3.C23H28BN3.2C18H26BN3/c1-24(2)29-21-27(26-15-11-10-12-16-26)22-30(25(3)4)33(29)38-20-19-37(9)34(38)39-23-31(35(5,6)7)28-17-13-14-18-32(28)36(39)8;1-20(2)22-14-12-15-23(21(3)4)27(22)32-18-17-31(9)28(32)33-19-25(29(5,6)7)24-13-10-11-16-26(24)30(33)8;1-18-25(19-11-7-6-8-12-19)15-16-26(18)27-17-21(23(2,3)4)20-13-9-10-14-22(20)24(27)5;2*1-14-20(6)11-12-21(14)22-13-16(18(2,3)4)15-9-7-8-10-17(15)19(22)5/h10-25H,1-9H3;10-21H,1-9H3;6-18H,1-5H3;2*7-14H,1-6H3/q2*+1;;;/t;;18-;2*14-/m..000/s1/i;;;6D3;. The molecule has 2 aromatic heterocycles. The largest absolute Gasteiger partial charge is 0.373 e. The molecule has 742 valence electrons. The van der Waals surface area contributed by atoms with E-state index in [0.29, 0.717) is 36.7 Å². The average molecular weight is 1910 g/mol. The fourth-order valence-corrected chi connectivity index (χ4v) is 21.8. The Morgan fingerprint density at radius 3 is 0.909 bits per heavy atom. The molecule has 9 aromatic carbocycles. The number of rotatable bonds is 13. The van der Waals surface area contributed by atoms with E-state index in [1.165, 1.54) is 150 Å². The Balaban J connectivity index is 0.000000139. The van der Waals surface area contributed by atoms with Crippen LogP contribution in [0.1, 0.15) is 258 Å². The maximum Gasteiger partial charge on any atom is 0.373 e. The number of benzene rings is 9. The minimum Gasteiger partial charge on any atom is -0.358 e. The maximum atomic E-state index is 7.72. The molecule has 10 heterocycles. The van der Waals surface area contributed by atoms with Gasteiger partial charge in [0.05, 0.1) is 38.9 Å². The summed E-state index contributed by atoms with van der Waals surface area (Å²) in [6.45, 7) is 69.6. The zero-order chi connectivity index (χ0) is 106. The molecule has 0 saturated carbocycles. The van der Waals surface area contributed by atoms with Crippen molar-refractivity contribution in [1.82, 2.24) is 48.7 Å². The van der Waals surface area contributed by atoms with Crippen molar-refractivity contribution in [3.05, 3.63) is 355 Å². The molecule has 15 nitrogen and oxygen atoms in total. The lowest BCUT2D eigenvalue weighted by Gasteiger charge is -2.44. The van der Waals surface area contributed by atoms with Gasteiger partial charge in [0.15, 0.2) is 0 Å². The average Bonchev–Trinajstić information content (AvgIpc) is 1.43. The summed E-state index contributed by atoms with van der Waals surface area (Å²) in [5.41, 5.74) is 32.6. The van der Waals surface area contributed by atoms with Gasteiger partial charge in [-0.3, -0.25) is 24.6 Å². The Bertz CT molecular complexity index is 6730. The Hall–Kier alpha value is -12.6. The van der Waals surface area contributed by atoms with Crippen LogP contribution in [0.25, 0.3) is 50.4 Å². The van der Waals surface area contributed by atoms with Gasteiger partial charge in [0, 0.05) is 79.6 Å². The molecule has 11 aromatic rings. The Kier molecular flexibility index (Phi) is 29.3. The van der Waals surface area contributed by atoms with Crippen LogP contribution >= 0.6 is 0 Å². The summed E-state index contributed by atoms with van der Waals surface area (Å²) in [5.74, 6) is 4.01. The third-order valence-electron chi connectivity index (χ3n) is 30.2. The van der Waals surface area contributed by atoms with Crippen molar-refractivity contribution in [2.24, 2.45) is 41.2 Å². The number of nitrogens with zero attached hydrogens (tertiary/aromatic N) is 15. The van der Waals surface area contributed by atoms with Crippen LogP contribution in [0, 0.1) is 27.1 Å². The first-order chi connectivity index (χ1) is 68.7. The molecular formula is C123H162B5N15+2. The van der Waals surface area contributed by atoms with E-state index in [2.05, 4.69) is 584 Å². The van der Waals surface area contributed by atoms with Gasteiger partial charge < -0.3 is 29.5 Å². The molecule has 8 aliphatic heterocycles. The molecule has 0 fully saturated rings. The second-order valence-corrected chi connectivity index (χ2v) is 46.9. The number of hydrogen-bond donors (Lipinski definition) is 0. The molecule has 0 radical (unpaired) electrons. The molecule has 20 heteroatoms. The maximum absolute atomic E-state index is 7.72. The molecule has 0 spiro atoms.